The number of benzene rings is 7. The third kappa shape index (κ3) is 3.39. The first kappa shape index (κ1) is 26.5. The van der Waals surface area contributed by atoms with E-state index < -0.39 is 5.41 Å². The molecule has 0 unspecified atom stereocenters. The van der Waals surface area contributed by atoms with E-state index in [1.807, 2.05) is 0 Å². The Morgan fingerprint density at radius 1 is 0.383 bits per heavy atom. The third-order valence-electron chi connectivity index (χ3n) is 11.1. The predicted octanol–water partition coefficient (Wildman–Crippen LogP) is 11.5. The van der Waals surface area contributed by atoms with Gasteiger partial charge in [0.25, 0.3) is 0 Å². The van der Waals surface area contributed by atoms with Crippen molar-refractivity contribution in [2.24, 2.45) is 0 Å². The van der Waals surface area contributed by atoms with Gasteiger partial charge in [-0.15, -0.1) is 0 Å². The molecule has 0 saturated carbocycles. The van der Waals surface area contributed by atoms with Gasteiger partial charge in [0.2, 0.25) is 0 Å². The summed E-state index contributed by atoms with van der Waals surface area (Å²) in [5.41, 5.74) is 16.2. The highest BCUT2D eigenvalue weighted by Gasteiger charge is 2.52. The summed E-state index contributed by atoms with van der Waals surface area (Å²) in [7, 11) is 0. The summed E-state index contributed by atoms with van der Waals surface area (Å²) < 4.78 is 2.53. The van der Waals surface area contributed by atoms with E-state index in [1.54, 1.807) is 0 Å². The maximum Gasteiger partial charge on any atom is 0.0748 e. The third-order valence-corrected chi connectivity index (χ3v) is 11.1. The molecule has 1 spiro atoms. The first-order valence-corrected chi connectivity index (χ1v) is 16.6. The lowest BCUT2D eigenvalue weighted by Gasteiger charge is -2.50. The van der Waals surface area contributed by atoms with Crippen LogP contribution in [0.25, 0.3) is 49.7 Å². The van der Waals surface area contributed by atoms with E-state index in [4.69, 9.17) is 0 Å². The van der Waals surface area contributed by atoms with Gasteiger partial charge in [-0.05, 0) is 79.9 Å². The fourth-order valence-corrected chi connectivity index (χ4v) is 8.99. The lowest BCUT2D eigenvalue weighted by molar-refractivity contribution is 0.556. The van der Waals surface area contributed by atoms with Gasteiger partial charge in [-0.2, -0.15) is 0 Å². The van der Waals surface area contributed by atoms with E-state index in [0.717, 1.165) is 0 Å². The van der Waals surface area contributed by atoms with Crippen LogP contribution in [0.4, 0.5) is 0 Å². The quantitative estimate of drug-likeness (QED) is 0.186. The summed E-state index contributed by atoms with van der Waals surface area (Å²) in [5.74, 6) is 0. The SMILES string of the molecule is CC1(C)c2ccc(-c3ccccc3)cc2C2(c3ccccc3-n3c4ccccc4c4cccc2c43)c2cc(-c3ccccc3)ccc21. The molecule has 0 amide bonds. The number of hydrogen-bond acceptors (Lipinski definition) is 0. The number of hydrogen-bond donors (Lipinski definition) is 0. The Morgan fingerprint density at radius 2 is 0.915 bits per heavy atom. The van der Waals surface area contributed by atoms with Crippen LogP contribution in [0, 0.1) is 0 Å². The second-order valence-corrected chi connectivity index (χ2v) is 13.7. The van der Waals surface area contributed by atoms with Crippen molar-refractivity contribution in [3.63, 3.8) is 0 Å². The molecular weight excluding hydrogens is 567 g/mol. The standard InChI is InChI=1S/C46H33N/c1-45(2)36-26-24-32(30-14-5-3-6-15-30)28-40(36)46(41-29-33(25-27-37(41)45)31-16-7-4-8-17-31)38-20-10-12-23-43(38)47-42-22-11-9-18-34(42)35-19-13-21-39(46)44(35)47/h3-29H,1-2H3. The predicted molar refractivity (Wildman–Crippen MR) is 196 cm³/mol. The zero-order valence-electron chi connectivity index (χ0n) is 26.5. The average Bonchev–Trinajstić information content (AvgIpc) is 3.47. The molecule has 0 saturated heterocycles. The maximum atomic E-state index is 2.53. The van der Waals surface area contributed by atoms with Gasteiger partial charge in [-0.1, -0.05) is 153 Å². The first-order valence-electron chi connectivity index (χ1n) is 16.6. The highest BCUT2D eigenvalue weighted by Crippen LogP contribution is 2.61. The van der Waals surface area contributed by atoms with E-state index in [1.165, 1.54) is 83.1 Å². The second kappa shape index (κ2) is 9.44. The van der Waals surface area contributed by atoms with Crippen LogP contribution in [0.5, 0.6) is 0 Å². The number of rotatable bonds is 2. The minimum absolute atomic E-state index is 0.201. The molecule has 2 heterocycles. The van der Waals surface area contributed by atoms with Crippen molar-refractivity contribution in [3.05, 3.63) is 197 Å². The van der Waals surface area contributed by atoms with E-state index in [0.29, 0.717) is 0 Å². The minimum Gasteiger partial charge on any atom is -0.309 e. The van der Waals surface area contributed by atoms with Gasteiger partial charge in [0.05, 0.1) is 22.1 Å². The highest BCUT2D eigenvalue weighted by molar-refractivity contribution is 6.12. The molecule has 1 aliphatic heterocycles. The maximum absolute atomic E-state index is 2.53. The van der Waals surface area contributed by atoms with Crippen molar-refractivity contribution in [3.8, 4) is 27.9 Å². The van der Waals surface area contributed by atoms with E-state index >= 15 is 0 Å². The smallest absolute Gasteiger partial charge is 0.0748 e. The summed E-state index contributed by atoms with van der Waals surface area (Å²) in [4.78, 5) is 0. The van der Waals surface area contributed by atoms with Gasteiger partial charge in [0, 0.05) is 16.2 Å². The van der Waals surface area contributed by atoms with Crippen LogP contribution in [-0.2, 0) is 10.8 Å². The molecule has 0 fully saturated rings. The molecule has 47 heavy (non-hydrogen) atoms. The normalized spacial score (nSPS) is 14.9. The Morgan fingerprint density at radius 3 is 1.57 bits per heavy atom. The molecule has 8 aromatic rings. The molecule has 7 aromatic carbocycles. The van der Waals surface area contributed by atoms with E-state index in [2.05, 4.69) is 182 Å². The zero-order chi connectivity index (χ0) is 31.3. The molecule has 2 aliphatic rings. The minimum atomic E-state index is -0.532. The Bertz CT molecular complexity index is 2440. The Balaban J connectivity index is 1.44. The van der Waals surface area contributed by atoms with Crippen molar-refractivity contribution in [2.75, 3.05) is 0 Å². The molecule has 0 radical (unpaired) electrons. The number of para-hydroxylation sites is 3. The monoisotopic (exact) mass is 599 g/mol. The van der Waals surface area contributed by atoms with Crippen molar-refractivity contribution in [1.29, 1.82) is 0 Å². The summed E-state index contributed by atoms with van der Waals surface area (Å²) in [5, 5.41) is 2.60. The Labute approximate surface area is 275 Å². The van der Waals surface area contributed by atoms with Gasteiger partial charge < -0.3 is 4.57 Å². The second-order valence-electron chi connectivity index (χ2n) is 13.7. The first-order chi connectivity index (χ1) is 23.1. The zero-order valence-corrected chi connectivity index (χ0v) is 26.5. The van der Waals surface area contributed by atoms with Crippen LogP contribution in [-0.4, -0.2) is 4.57 Å². The van der Waals surface area contributed by atoms with Crippen molar-refractivity contribution in [1.82, 2.24) is 4.57 Å². The molecule has 0 bridgehead atoms. The molecule has 1 aromatic heterocycles. The van der Waals surface area contributed by atoms with Crippen LogP contribution >= 0.6 is 0 Å². The van der Waals surface area contributed by atoms with E-state index in [9.17, 15) is 0 Å². The molecule has 1 heteroatoms. The van der Waals surface area contributed by atoms with Crippen LogP contribution in [0.1, 0.15) is 47.2 Å². The van der Waals surface area contributed by atoms with Crippen LogP contribution in [0.2, 0.25) is 0 Å². The number of fused-ring (bicyclic) bond motifs is 11. The molecule has 1 nitrogen and oxygen atoms in total. The van der Waals surface area contributed by atoms with Crippen LogP contribution in [0.15, 0.2) is 164 Å². The largest absolute Gasteiger partial charge is 0.309 e. The van der Waals surface area contributed by atoms with Crippen molar-refractivity contribution < 1.29 is 0 Å². The summed E-state index contributed by atoms with van der Waals surface area (Å²) in [6.45, 7) is 4.82. The average molecular weight is 600 g/mol. The topological polar surface area (TPSA) is 4.93 Å². The van der Waals surface area contributed by atoms with Crippen molar-refractivity contribution >= 4 is 21.8 Å². The lowest BCUT2D eigenvalue weighted by Crippen LogP contribution is -2.44. The van der Waals surface area contributed by atoms with Crippen LogP contribution < -0.4 is 0 Å². The summed E-state index contributed by atoms with van der Waals surface area (Å²) >= 11 is 0. The molecule has 10 rings (SSSR count). The Hall–Kier alpha value is -5.66. The molecule has 0 N–H and O–H groups in total. The van der Waals surface area contributed by atoms with Gasteiger partial charge in [0.1, 0.15) is 0 Å². The van der Waals surface area contributed by atoms with Gasteiger partial charge in [-0.3, -0.25) is 0 Å². The fraction of sp³-hybridized carbons (Fsp3) is 0.0870. The van der Waals surface area contributed by atoms with Crippen LogP contribution in [0.3, 0.4) is 0 Å². The fourth-order valence-electron chi connectivity index (χ4n) is 8.99. The molecule has 0 atom stereocenters. The van der Waals surface area contributed by atoms with Gasteiger partial charge >= 0.3 is 0 Å². The molecule has 1 aliphatic carbocycles. The van der Waals surface area contributed by atoms with E-state index in [-0.39, 0.29) is 5.41 Å². The lowest BCUT2D eigenvalue weighted by atomic mass is 9.53. The molecular formula is C46H33N. The summed E-state index contributed by atoms with van der Waals surface area (Å²) in [6.07, 6.45) is 0. The highest BCUT2D eigenvalue weighted by atomic mass is 15.0. The van der Waals surface area contributed by atoms with Gasteiger partial charge in [-0.25, -0.2) is 0 Å². The molecule has 222 valence electrons. The number of nitrogens with zero attached hydrogens (tertiary/aromatic N) is 1. The van der Waals surface area contributed by atoms with Gasteiger partial charge in [0.15, 0.2) is 0 Å². The Kier molecular flexibility index (Phi) is 5.33. The summed E-state index contributed by atoms with van der Waals surface area (Å²) in [6, 6.07) is 61.3. The number of aromatic nitrogens is 1. The van der Waals surface area contributed by atoms with Crippen molar-refractivity contribution in [2.45, 2.75) is 24.7 Å².